The van der Waals surface area contributed by atoms with Crippen LogP contribution in [0.2, 0.25) is 5.02 Å². The summed E-state index contributed by atoms with van der Waals surface area (Å²) in [5.74, 6) is -0.108. The van der Waals surface area contributed by atoms with Gasteiger partial charge in [0.25, 0.3) is 5.91 Å². The minimum atomic E-state index is -1.09. The van der Waals surface area contributed by atoms with Crippen molar-refractivity contribution in [3.05, 3.63) is 64.7 Å². The van der Waals surface area contributed by atoms with E-state index in [4.69, 9.17) is 16.3 Å². The van der Waals surface area contributed by atoms with Crippen LogP contribution in [-0.4, -0.2) is 20.1 Å². The molecular weight excluding hydrogens is 274 g/mol. The fraction of sp³-hybridized carbons (Fsp3) is 0.188. The van der Waals surface area contributed by atoms with E-state index in [1.54, 1.807) is 31.2 Å². The molecule has 3 nitrogen and oxygen atoms in total. The number of ether oxygens (including phenoxy) is 1. The van der Waals surface area contributed by atoms with Gasteiger partial charge in [-0.2, -0.15) is 0 Å². The molecule has 1 atom stereocenters. The molecule has 1 aliphatic heterocycles. The van der Waals surface area contributed by atoms with Crippen molar-refractivity contribution in [3.8, 4) is 0 Å². The highest BCUT2D eigenvalue weighted by atomic mass is 35.5. The average Bonchev–Trinajstić information content (AvgIpc) is 2.70. The first kappa shape index (κ1) is 13.2. The summed E-state index contributed by atoms with van der Waals surface area (Å²) in [6, 6.07) is 14.9. The molecule has 4 heteroatoms. The Hall–Kier alpha value is -1.84. The number of anilines is 1. The number of amides is 1. The Kier molecular flexibility index (Phi) is 3.04. The standard InChI is InChI=1S/C16H14ClNO2/c1-18-14-10-12(17)8-9-13(14)16(20-2,15(18)19)11-6-4-3-5-7-11/h3-10H,1-2H3. The van der Waals surface area contributed by atoms with Gasteiger partial charge in [-0.05, 0) is 17.7 Å². The van der Waals surface area contributed by atoms with Gasteiger partial charge in [0, 0.05) is 24.7 Å². The van der Waals surface area contributed by atoms with Crippen LogP contribution >= 0.6 is 11.6 Å². The van der Waals surface area contributed by atoms with E-state index >= 15 is 0 Å². The van der Waals surface area contributed by atoms with Crippen molar-refractivity contribution in [1.82, 2.24) is 0 Å². The van der Waals surface area contributed by atoms with E-state index in [-0.39, 0.29) is 5.91 Å². The summed E-state index contributed by atoms with van der Waals surface area (Å²) >= 11 is 6.04. The lowest BCUT2D eigenvalue weighted by Crippen LogP contribution is -2.41. The summed E-state index contributed by atoms with van der Waals surface area (Å²) < 4.78 is 5.70. The number of rotatable bonds is 2. The molecule has 0 N–H and O–H groups in total. The van der Waals surface area contributed by atoms with Crippen molar-refractivity contribution >= 4 is 23.2 Å². The quantitative estimate of drug-likeness (QED) is 0.849. The molecule has 3 rings (SSSR count). The molecule has 2 aromatic carbocycles. The number of hydrogen-bond acceptors (Lipinski definition) is 2. The molecule has 20 heavy (non-hydrogen) atoms. The molecule has 0 fully saturated rings. The maximum atomic E-state index is 12.8. The van der Waals surface area contributed by atoms with E-state index < -0.39 is 5.60 Å². The molecule has 1 amide bonds. The number of carbonyl (C=O) groups excluding carboxylic acids is 1. The van der Waals surface area contributed by atoms with Crippen molar-refractivity contribution in [1.29, 1.82) is 0 Å². The second-order valence-electron chi connectivity index (χ2n) is 4.78. The summed E-state index contributed by atoms with van der Waals surface area (Å²) in [4.78, 5) is 14.4. The minimum Gasteiger partial charge on any atom is -0.359 e. The van der Waals surface area contributed by atoms with Crippen molar-refractivity contribution in [2.24, 2.45) is 0 Å². The van der Waals surface area contributed by atoms with Gasteiger partial charge in [-0.1, -0.05) is 48.0 Å². The van der Waals surface area contributed by atoms with Gasteiger partial charge < -0.3 is 9.64 Å². The van der Waals surface area contributed by atoms with Crippen LogP contribution in [0.5, 0.6) is 0 Å². The molecule has 1 aliphatic rings. The van der Waals surface area contributed by atoms with E-state index in [1.807, 2.05) is 36.4 Å². The zero-order chi connectivity index (χ0) is 14.3. The summed E-state index contributed by atoms with van der Waals surface area (Å²) in [6.45, 7) is 0. The van der Waals surface area contributed by atoms with Crippen molar-refractivity contribution in [3.63, 3.8) is 0 Å². The van der Waals surface area contributed by atoms with Crippen molar-refractivity contribution in [2.45, 2.75) is 5.60 Å². The molecule has 0 saturated carbocycles. The molecular formula is C16H14ClNO2. The molecule has 1 unspecified atom stereocenters. The Morgan fingerprint density at radius 3 is 2.50 bits per heavy atom. The predicted octanol–water partition coefficient (Wildman–Crippen LogP) is 3.21. The summed E-state index contributed by atoms with van der Waals surface area (Å²) in [5, 5.41) is 0.600. The Bertz CT molecular complexity index is 671. The molecule has 0 saturated heterocycles. The van der Waals surface area contributed by atoms with Gasteiger partial charge in [0.15, 0.2) is 5.60 Å². The van der Waals surface area contributed by atoms with Gasteiger partial charge in [0.1, 0.15) is 0 Å². The second-order valence-corrected chi connectivity index (χ2v) is 5.21. The monoisotopic (exact) mass is 287 g/mol. The number of methoxy groups -OCH3 is 1. The third-order valence-corrected chi connectivity index (χ3v) is 4.03. The van der Waals surface area contributed by atoms with E-state index in [1.165, 1.54) is 0 Å². The van der Waals surface area contributed by atoms with Gasteiger partial charge in [0.05, 0.1) is 5.69 Å². The Balaban J connectivity index is 2.30. The third kappa shape index (κ3) is 1.60. The topological polar surface area (TPSA) is 29.5 Å². The molecule has 0 spiro atoms. The van der Waals surface area contributed by atoms with Crippen LogP contribution in [-0.2, 0) is 15.1 Å². The summed E-state index contributed by atoms with van der Waals surface area (Å²) in [6.07, 6.45) is 0. The number of benzene rings is 2. The van der Waals surface area contributed by atoms with Crippen molar-refractivity contribution in [2.75, 3.05) is 19.1 Å². The summed E-state index contributed by atoms with van der Waals surface area (Å²) in [7, 11) is 3.30. The fourth-order valence-electron chi connectivity index (χ4n) is 2.81. The first-order valence-corrected chi connectivity index (χ1v) is 6.68. The third-order valence-electron chi connectivity index (χ3n) is 3.79. The van der Waals surface area contributed by atoms with Gasteiger partial charge in [-0.25, -0.2) is 0 Å². The van der Waals surface area contributed by atoms with Crippen LogP contribution in [0.4, 0.5) is 5.69 Å². The van der Waals surface area contributed by atoms with E-state index in [0.717, 1.165) is 16.8 Å². The number of carbonyl (C=O) groups is 1. The zero-order valence-electron chi connectivity index (χ0n) is 11.3. The lowest BCUT2D eigenvalue weighted by atomic mass is 9.87. The van der Waals surface area contributed by atoms with Gasteiger partial charge >= 0.3 is 0 Å². The number of fused-ring (bicyclic) bond motifs is 1. The largest absolute Gasteiger partial charge is 0.359 e. The highest BCUT2D eigenvalue weighted by molar-refractivity contribution is 6.31. The predicted molar refractivity (Wildman–Crippen MR) is 79.1 cm³/mol. The molecule has 1 heterocycles. The number of halogens is 1. The molecule has 0 aliphatic carbocycles. The maximum Gasteiger partial charge on any atom is 0.268 e. The van der Waals surface area contributed by atoms with Crippen LogP contribution < -0.4 is 4.90 Å². The molecule has 0 radical (unpaired) electrons. The van der Waals surface area contributed by atoms with Crippen LogP contribution in [0.25, 0.3) is 0 Å². The van der Waals surface area contributed by atoms with Gasteiger partial charge in [-0.15, -0.1) is 0 Å². The fourth-order valence-corrected chi connectivity index (χ4v) is 2.97. The van der Waals surface area contributed by atoms with Crippen LogP contribution in [0.1, 0.15) is 11.1 Å². The molecule has 0 bridgehead atoms. The van der Waals surface area contributed by atoms with Gasteiger partial charge in [0.2, 0.25) is 0 Å². The van der Waals surface area contributed by atoms with E-state index in [2.05, 4.69) is 0 Å². The minimum absolute atomic E-state index is 0.108. The molecule has 2 aromatic rings. The van der Waals surface area contributed by atoms with E-state index in [0.29, 0.717) is 5.02 Å². The maximum absolute atomic E-state index is 12.8. The highest BCUT2D eigenvalue weighted by Gasteiger charge is 2.51. The molecule has 0 aromatic heterocycles. The zero-order valence-corrected chi connectivity index (χ0v) is 12.0. The Labute approximate surface area is 122 Å². The van der Waals surface area contributed by atoms with Crippen LogP contribution in [0.3, 0.4) is 0 Å². The van der Waals surface area contributed by atoms with E-state index in [9.17, 15) is 4.79 Å². The summed E-state index contributed by atoms with van der Waals surface area (Å²) in [5.41, 5.74) is 1.34. The smallest absolute Gasteiger partial charge is 0.268 e. The number of nitrogens with zero attached hydrogens (tertiary/aromatic N) is 1. The number of hydrogen-bond donors (Lipinski definition) is 0. The first-order chi connectivity index (χ1) is 9.61. The average molecular weight is 288 g/mol. The SMILES string of the molecule is COC1(c2ccccc2)C(=O)N(C)c2cc(Cl)ccc21. The lowest BCUT2D eigenvalue weighted by Gasteiger charge is -2.27. The van der Waals surface area contributed by atoms with Gasteiger partial charge in [-0.3, -0.25) is 4.79 Å². The van der Waals surface area contributed by atoms with Crippen molar-refractivity contribution < 1.29 is 9.53 Å². The Morgan fingerprint density at radius 2 is 1.85 bits per heavy atom. The Morgan fingerprint density at radius 1 is 1.15 bits per heavy atom. The number of likely N-dealkylation sites (N-methyl/N-ethyl adjacent to an activating group) is 1. The van der Waals surface area contributed by atoms with Crippen LogP contribution in [0.15, 0.2) is 48.5 Å². The molecule has 102 valence electrons. The highest BCUT2D eigenvalue weighted by Crippen LogP contribution is 2.46. The lowest BCUT2D eigenvalue weighted by molar-refractivity contribution is -0.134. The second kappa shape index (κ2) is 4.62. The first-order valence-electron chi connectivity index (χ1n) is 6.30. The normalized spacial score (nSPS) is 21.1. The van der Waals surface area contributed by atoms with Crippen LogP contribution in [0, 0.1) is 0 Å².